The molecule has 0 aromatic heterocycles. The predicted molar refractivity (Wildman–Crippen MR) is 139 cm³/mol. The highest BCUT2D eigenvalue weighted by atomic mass is 32.2. The van der Waals surface area contributed by atoms with Crippen LogP contribution in [0.15, 0.2) is 58.6 Å². The minimum Gasteiger partial charge on any atom is -0.478 e. The number of sulfonamides is 1. The van der Waals surface area contributed by atoms with Crippen molar-refractivity contribution >= 4 is 16.0 Å². The second-order valence-corrected chi connectivity index (χ2v) is 12.1. The molecule has 3 rings (SSSR count). The van der Waals surface area contributed by atoms with Crippen molar-refractivity contribution in [1.82, 2.24) is 15.2 Å². The number of hydrogen-bond donors (Lipinski definition) is 3. The number of nitrogens with zero attached hydrogens (tertiary/aromatic N) is 1. The van der Waals surface area contributed by atoms with Gasteiger partial charge in [0.25, 0.3) is 0 Å². The predicted octanol–water partition coefficient (Wildman–Crippen LogP) is 4.71. The van der Waals surface area contributed by atoms with Gasteiger partial charge >= 0.3 is 5.97 Å². The Morgan fingerprint density at radius 3 is 2.39 bits per heavy atom. The third-order valence-electron chi connectivity index (χ3n) is 5.91. The molecule has 1 heterocycles. The Hall–Kier alpha value is -2.75. The molecule has 7 nitrogen and oxygen atoms in total. The molecule has 1 unspecified atom stereocenters. The molecule has 0 bridgehead atoms. The summed E-state index contributed by atoms with van der Waals surface area (Å²) in [4.78, 5) is 12.1. The Labute approximate surface area is 213 Å². The van der Waals surface area contributed by atoms with Gasteiger partial charge in [0.2, 0.25) is 10.0 Å². The Morgan fingerprint density at radius 1 is 1.17 bits per heavy atom. The lowest BCUT2D eigenvalue weighted by Gasteiger charge is -2.26. The number of carboxylic acid groups (broad SMARTS) is 1. The fraction of sp³-hybridized carbons (Fsp3) is 0.444. The van der Waals surface area contributed by atoms with Gasteiger partial charge in [0.05, 0.1) is 16.5 Å². The lowest BCUT2D eigenvalue weighted by Crippen LogP contribution is -2.42. The van der Waals surface area contributed by atoms with Crippen LogP contribution in [-0.4, -0.2) is 42.6 Å². The van der Waals surface area contributed by atoms with E-state index in [1.807, 2.05) is 25.8 Å². The first-order valence-corrected chi connectivity index (χ1v) is 13.7. The highest BCUT2D eigenvalue weighted by molar-refractivity contribution is 7.89. The molecule has 0 spiro atoms. The topological polar surface area (TPSA) is 98.7 Å². The lowest BCUT2D eigenvalue weighted by molar-refractivity contribution is -0.133. The van der Waals surface area contributed by atoms with Gasteiger partial charge in [0, 0.05) is 28.9 Å². The summed E-state index contributed by atoms with van der Waals surface area (Å²) in [5.41, 5.74) is 4.58. The monoisotopic (exact) mass is 517 g/mol. The number of aliphatic carboxylic acids is 1. The van der Waals surface area contributed by atoms with Crippen molar-refractivity contribution in [3.05, 3.63) is 65.1 Å². The molecule has 0 radical (unpaired) electrons. The highest BCUT2D eigenvalue weighted by Gasteiger charge is 2.37. The van der Waals surface area contributed by atoms with Crippen molar-refractivity contribution in [2.24, 2.45) is 5.92 Å². The largest absolute Gasteiger partial charge is 0.478 e. The number of hydrazine groups is 1. The molecule has 0 amide bonds. The quantitative estimate of drug-likeness (QED) is 0.446. The first-order chi connectivity index (χ1) is 16.7. The van der Waals surface area contributed by atoms with Crippen LogP contribution in [0.2, 0.25) is 0 Å². The maximum atomic E-state index is 15.4. The summed E-state index contributed by atoms with van der Waals surface area (Å²) in [5, 5.41) is 11.8. The molecule has 1 aliphatic heterocycles. The molecule has 0 fully saturated rings. The van der Waals surface area contributed by atoms with Gasteiger partial charge in [0.15, 0.2) is 0 Å². The number of hydrogen-bond acceptors (Lipinski definition) is 5. The Bertz CT molecular complexity index is 1270. The molecule has 9 heteroatoms. The van der Waals surface area contributed by atoms with Crippen LogP contribution in [0.3, 0.4) is 0 Å². The van der Waals surface area contributed by atoms with Gasteiger partial charge in [-0.2, -0.15) is 0 Å². The van der Waals surface area contributed by atoms with E-state index < -0.39 is 33.4 Å². The SMILES string of the molecule is CCCN1NC(C(C)C)=C(C(=O)O)C1Cc1ccc(-c2ccccc2S(=O)(=O)NC(C)(C)C)c(F)c1. The summed E-state index contributed by atoms with van der Waals surface area (Å²) in [7, 11) is -3.89. The molecule has 196 valence electrons. The molecule has 2 aromatic rings. The van der Waals surface area contributed by atoms with Gasteiger partial charge in [-0.15, -0.1) is 0 Å². The van der Waals surface area contributed by atoms with Gasteiger partial charge in [-0.1, -0.05) is 51.1 Å². The van der Waals surface area contributed by atoms with Gasteiger partial charge in [0.1, 0.15) is 5.82 Å². The van der Waals surface area contributed by atoms with E-state index in [9.17, 15) is 18.3 Å². The van der Waals surface area contributed by atoms with Gasteiger partial charge in [-0.05, 0) is 57.2 Å². The smallest absolute Gasteiger partial charge is 0.335 e. The first-order valence-electron chi connectivity index (χ1n) is 12.2. The van der Waals surface area contributed by atoms with Crippen LogP contribution < -0.4 is 10.1 Å². The molecule has 0 saturated carbocycles. The van der Waals surface area contributed by atoms with E-state index in [2.05, 4.69) is 10.1 Å². The Balaban J connectivity index is 1.99. The number of allylic oxidation sites excluding steroid dienone is 1. The number of rotatable bonds is 9. The van der Waals surface area contributed by atoms with E-state index in [-0.39, 0.29) is 21.9 Å². The first kappa shape index (κ1) is 27.8. The molecule has 1 atom stereocenters. The zero-order chi connectivity index (χ0) is 26.8. The minimum absolute atomic E-state index is 0.000253. The summed E-state index contributed by atoms with van der Waals surface area (Å²) in [5.74, 6) is -1.55. The minimum atomic E-state index is -3.89. The van der Waals surface area contributed by atoms with Crippen molar-refractivity contribution in [1.29, 1.82) is 0 Å². The van der Waals surface area contributed by atoms with Crippen molar-refractivity contribution in [2.45, 2.75) is 70.9 Å². The molecule has 1 aliphatic rings. The maximum absolute atomic E-state index is 15.4. The van der Waals surface area contributed by atoms with Gasteiger partial charge in [-0.3, -0.25) is 0 Å². The molecule has 0 saturated heterocycles. The second kappa shape index (κ2) is 10.7. The molecular weight excluding hydrogens is 481 g/mol. The summed E-state index contributed by atoms with van der Waals surface area (Å²) in [6.45, 7) is 11.8. The number of halogens is 1. The van der Waals surface area contributed by atoms with Gasteiger partial charge in [-0.25, -0.2) is 27.3 Å². The summed E-state index contributed by atoms with van der Waals surface area (Å²) in [6.07, 6.45) is 1.12. The van der Waals surface area contributed by atoms with Crippen LogP contribution in [0.25, 0.3) is 11.1 Å². The van der Waals surface area contributed by atoms with Crippen LogP contribution in [0.1, 0.15) is 53.5 Å². The van der Waals surface area contributed by atoms with Crippen LogP contribution in [0, 0.1) is 11.7 Å². The Morgan fingerprint density at radius 2 is 1.83 bits per heavy atom. The molecule has 3 N–H and O–H groups in total. The van der Waals surface area contributed by atoms with E-state index >= 15 is 4.39 Å². The summed E-state index contributed by atoms with van der Waals surface area (Å²) >= 11 is 0. The summed E-state index contributed by atoms with van der Waals surface area (Å²) < 4.78 is 44.1. The standard InChI is InChI=1S/C27H36FN3O4S/c1-7-14-31-22(24(26(32)33)25(29-31)17(2)3)16-18-12-13-19(21(28)15-18)20-10-8-9-11-23(20)36(34,35)30-27(4,5)6/h8-13,15,17,22,29-30H,7,14,16H2,1-6H3,(H,32,33). The number of carbonyl (C=O) groups is 1. The zero-order valence-electron chi connectivity index (χ0n) is 21.7. The van der Waals surface area contributed by atoms with E-state index in [1.165, 1.54) is 12.1 Å². The van der Waals surface area contributed by atoms with Crippen molar-refractivity contribution < 1.29 is 22.7 Å². The van der Waals surface area contributed by atoms with Crippen molar-refractivity contribution in [3.8, 4) is 11.1 Å². The number of benzene rings is 2. The fourth-order valence-corrected chi connectivity index (χ4v) is 6.14. The molecule has 36 heavy (non-hydrogen) atoms. The molecule has 2 aromatic carbocycles. The highest BCUT2D eigenvalue weighted by Crippen LogP contribution is 2.33. The molecule has 0 aliphatic carbocycles. The van der Waals surface area contributed by atoms with Crippen molar-refractivity contribution in [2.75, 3.05) is 6.54 Å². The van der Waals surface area contributed by atoms with Crippen LogP contribution in [0.4, 0.5) is 4.39 Å². The Kier molecular flexibility index (Phi) is 8.27. The van der Waals surface area contributed by atoms with Gasteiger partial charge < -0.3 is 10.5 Å². The van der Waals surface area contributed by atoms with Crippen molar-refractivity contribution in [3.63, 3.8) is 0 Å². The molecular formula is C27H36FN3O4S. The average molecular weight is 518 g/mol. The third kappa shape index (κ3) is 6.14. The van der Waals surface area contributed by atoms with E-state index in [0.29, 0.717) is 29.8 Å². The second-order valence-electron chi connectivity index (χ2n) is 10.5. The van der Waals surface area contributed by atoms with E-state index in [0.717, 1.165) is 6.42 Å². The van der Waals surface area contributed by atoms with E-state index in [4.69, 9.17) is 0 Å². The van der Waals surface area contributed by atoms with Crippen LogP contribution >= 0.6 is 0 Å². The summed E-state index contributed by atoms with van der Waals surface area (Å²) in [6, 6.07) is 10.5. The normalized spacial score (nSPS) is 17.1. The maximum Gasteiger partial charge on any atom is 0.335 e. The number of nitrogens with one attached hydrogen (secondary N) is 2. The van der Waals surface area contributed by atoms with Crippen LogP contribution in [0.5, 0.6) is 0 Å². The fourth-order valence-electron chi connectivity index (χ4n) is 4.50. The zero-order valence-corrected chi connectivity index (χ0v) is 22.5. The lowest BCUT2D eigenvalue weighted by atomic mass is 9.94. The number of carboxylic acids is 1. The average Bonchev–Trinajstić information content (AvgIpc) is 3.11. The van der Waals surface area contributed by atoms with Crippen LogP contribution in [-0.2, 0) is 21.2 Å². The van der Waals surface area contributed by atoms with E-state index in [1.54, 1.807) is 51.1 Å². The third-order valence-corrected chi connectivity index (χ3v) is 7.72.